The van der Waals surface area contributed by atoms with Crippen molar-refractivity contribution in [3.63, 3.8) is 0 Å². The lowest BCUT2D eigenvalue weighted by Crippen LogP contribution is -2.52. The molecule has 0 fully saturated rings. The molecule has 0 radical (unpaired) electrons. The number of nitrogens with zero attached hydrogens (tertiary/aromatic N) is 2. The quantitative estimate of drug-likeness (QED) is 0.308. The third kappa shape index (κ3) is 7.53. The van der Waals surface area contributed by atoms with Gasteiger partial charge in [-0.15, -0.1) is 0 Å². The predicted octanol–water partition coefficient (Wildman–Crippen LogP) is 5.75. The molecule has 0 aliphatic heterocycles. The number of nitrogens with one attached hydrogen (secondary N) is 1. The Morgan fingerprint density at radius 1 is 0.923 bits per heavy atom. The van der Waals surface area contributed by atoms with Crippen molar-refractivity contribution >= 4 is 50.7 Å². The minimum atomic E-state index is -4.12. The van der Waals surface area contributed by atoms with E-state index >= 15 is 0 Å². The molecule has 0 saturated carbocycles. The third-order valence-corrected chi connectivity index (χ3v) is 8.57. The number of carbonyl (C=O) groups excluding carboxylic acids is 2. The summed E-state index contributed by atoms with van der Waals surface area (Å²) in [6.07, 6.45) is 0.317. The highest BCUT2D eigenvalue weighted by molar-refractivity contribution is 7.92. The van der Waals surface area contributed by atoms with E-state index in [0.717, 1.165) is 15.4 Å². The largest absolute Gasteiger partial charge is 0.355 e. The van der Waals surface area contributed by atoms with Crippen LogP contribution in [0.5, 0.6) is 0 Å². The van der Waals surface area contributed by atoms with Gasteiger partial charge in [-0.1, -0.05) is 60.5 Å². The number of carbonyl (C=O) groups is 2. The van der Waals surface area contributed by atoms with Crippen LogP contribution in [0.25, 0.3) is 0 Å². The molecule has 3 rings (SSSR count). The van der Waals surface area contributed by atoms with E-state index in [2.05, 4.69) is 5.32 Å². The van der Waals surface area contributed by atoms with E-state index in [0.29, 0.717) is 34.3 Å². The summed E-state index contributed by atoms with van der Waals surface area (Å²) < 4.78 is 28.9. The molecule has 1 atom stereocenters. The van der Waals surface area contributed by atoms with Gasteiger partial charge < -0.3 is 10.2 Å². The van der Waals surface area contributed by atoms with E-state index in [1.165, 1.54) is 17.0 Å². The van der Waals surface area contributed by atoms with Gasteiger partial charge in [0.2, 0.25) is 11.8 Å². The Balaban J connectivity index is 2.10. The van der Waals surface area contributed by atoms with Crippen LogP contribution in [0.2, 0.25) is 10.0 Å². The van der Waals surface area contributed by atoms with Gasteiger partial charge in [0.15, 0.2) is 0 Å². The van der Waals surface area contributed by atoms with E-state index in [9.17, 15) is 18.0 Å². The maximum absolute atomic E-state index is 14.0. The molecule has 0 aliphatic carbocycles. The molecule has 0 heterocycles. The molecule has 0 aliphatic rings. The summed E-state index contributed by atoms with van der Waals surface area (Å²) in [6, 6.07) is 17.4. The van der Waals surface area contributed by atoms with Crippen molar-refractivity contribution in [3.05, 3.63) is 93.5 Å². The van der Waals surface area contributed by atoms with Crippen LogP contribution in [-0.2, 0) is 26.2 Å². The van der Waals surface area contributed by atoms with Gasteiger partial charge in [-0.2, -0.15) is 0 Å². The molecule has 10 heteroatoms. The van der Waals surface area contributed by atoms with Gasteiger partial charge in [0, 0.05) is 23.1 Å². The van der Waals surface area contributed by atoms with E-state index in [1.54, 1.807) is 62.4 Å². The van der Waals surface area contributed by atoms with Crippen molar-refractivity contribution in [3.8, 4) is 0 Å². The predicted molar refractivity (Wildman–Crippen MR) is 157 cm³/mol. The third-order valence-electron chi connectivity index (χ3n) is 6.20. The second-order valence-corrected chi connectivity index (χ2v) is 12.0. The van der Waals surface area contributed by atoms with Crippen LogP contribution in [0.3, 0.4) is 0 Å². The monoisotopic (exact) mass is 589 g/mol. The summed E-state index contributed by atoms with van der Waals surface area (Å²) in [7, 11) is -4.12. The highest BCUT2D eigenvalue weighted by Crippen LogP contribution is 2.28. The molecule has 208 valence electrons. The first-order valence-corrected chi connectivity index (χ1v) is 14.8. The Kier molecular flexibility index (Phi) is 10.4. The number of halogens is 2. The molecule has 2 amide bonds. The molecule has 3 aromatic rings. The Morgan fingerprint density at radius 2 is 1.56 bits per heavy atom. The minimum absolute atomic E-state index is 0.00343. The number of rotatable bonds is 11. The fourth-order valence-electron chi connectivity index (χ4n) is 4.39. The maximum atomic E-state index is 14.0. The van der Waals surface area contributed by atoms with Gasteiger partial charge >= 0.3 is 0 Å². The van der Waals surface area contributed by atoms with Crippen molar-refractivity contribution in [2.45, 2.75) is 51.6 Å². The highest BCUT2D eigenvalue weighted by atomic mass is 35.5. The lowest BCUT2D eigenvalue weighted by atomic mass is 10.1. The molecule has 0 spiro atoms. The highest BCUT2D eigenvalue weighted by Gasteiger charge is 2.34. The Bertz CT molecular complexity index is 1410. The first kappa shape index (κ1) is 30.5. The van der Waals surface area contributed by atoms with Crippen molar-refractivity contribution in [2.75, 3.05) is 17.4 Å². The molecule has 3 aromatic carbocycles. The molecule has 7 nitrogen and oxygen atoms in total. The first-order valence-electron chi connectivity index (χ1n) is 12.6. The van der Waals surface area contributed by atoms with E-state index in [4.69, 9.17) is 23.2 Å². The van der Waals surface area contributed by atoms with E-state index < -0.39 is 28.5 Å². The zero-order chi connectivity index (χ0) is 28.7. The lowest BCUT2D eigenvalue weighted by Gasteiger charge is -2.33. The summed E-state index contributed by atoms with van der Waals surface area (Å²) in [4.78, 5) is 28.5. The first-order chi connectivity index (χ1) is 18.5. The number of amides is 2. The Labute approximate surface area is 240 Å². The summed E-state index contributed by atoms with van der Waals surface area (Å²) in [5.74, 6) is -0.875. The zero-order valence-corrected chi connectivity index (χ0v) is 24.8. The fraction of sp³-hybridized carbons (Fsp3) is 0.310. The molecule has 1 N–H and O–H groups in total. The van der Waals surface area contributed by atoms with Gasteiger partial charge in [-0.05, 0) is 80.3 Å². The van der Waals surface area contributed by atoms with Crippen molar-refractivity contribution in [1.29, 1.82) is 0 Å². The number of aryl methyl sites for hydroxylation is 2. The second kappa shape index (κ2) is 13.3. The summed E-state index contributed by atoms with van der Waals surface area (Å²) >= 11 is 12.5. The van der Waals surface area contributed by atoms with Crippen LogP contribution >= 0.6 is 23.2 Å². The minimum Gasteiger partial charge on any atom is -0.355 e. The van der Waals surface area contributed by atoms with Crippen LogP contribution in [0.15, 0.2) is 71.6 Å². The number of sulfonamides is 1. The lowest BCUT2D eigenvalue weighted by molar-refractivity contribution is -0.140. The van der Waals surface area contributed by atoms with E-state index in [-0.39, 0.29) is 17.3 Å². The molecular formula is C29H33Cl2N3O4S. The molecule has 0 bridgehead atoms. The van der Waals surface area contributed by atoms with Crippen LogP contribution in [0.1, 0.15) is 37.0 Å². The number of benzene rings is 3. The SMILES string of the molecule is CCNC(=O)C(CC)N(Cc1ccc(Cl)cc1Cl)C(=O)CN(c1cc(C)cc(C)c1)S(=O)(=O)c1ccccc1. The van der Waals surface area contributed by atoms with Gasteiger partial charge in [0.1, 0.15) is 12.6 Å². The number of anilines is 1. The molecule has 0 saturated heterocycles. The van der Waals surface area contributed by atoms with Crippen LogP contribution < -0.4 is 9.62 Å². The average molecular weight is 591 g/mol. The second-order valence-electron chi connectivity index (χ2n) is 9.25. The van der Waals surface area contributed by atoms with Crippen LogP contribution in [-0.4, -0.2) is 44.3 Å². The zero-order valence-electron chi connectivity index (χ0n) is 22.4. The molecule has 0 aromatic heterocycles. The standard InChI is InChI=1S/C29H33Cl2N3O4S/c1-5-27(29(36)32-6-2)33(18-22-12-13-23(30)17-26(22)31)28(35)19-34(24-15-20(3)14-21(4)16-24)39(37,38)25-10-8-7-9-11-25/h7-17,27H,5-6,18-19H2,1-4H3,(H,32,36). The van der Waals surface area contributed by atoms with Crippen molar-refractivity contribution in [1.82, 2.24) is 10.2 Å². The van der Waals surface area contributed by atoms with Crippen LogP contribution in [0, 0.1) is 13.8 Å². The molecule has 39 heavy (non-hydrogen) atoms. The number of hydrogen-bond donors (Lipinski definition) is 1. The molecule has 1 unspecified atom stereocenters. The average Bonchev–Trinajstić information content (AvgIpc) is 2.88. The Morgan fingerprint density at radius 3 is 2.13 bits per heavy atom. The molecular weight excluding hydrogens is 557 g/mol. The van der Waals surface area contributed by atoms with Crippen molar-refractivity contribution in [2.24, 2.45) is 0 Å². The van der Waals surface area contributed by atoms with Gasteiger partial charge in [0.05, 0.1) is 10.6 Å². The fourth-order valence-corrected chi connectivity index (χ4v) is 6.28. The Hall–Kier alpha value is -3.07. The van der Waals surface area contributed by atoms with Gasteiger partial charge in [0.25, 0.3) is 10.0 Å². The van der Waals surface area contributed by atoms with Gasteiger partial charge in [-0.25, -0.2) is 8.42 Å². The maximum Gasteiger partial charge on any atom is 0.264 e. The number of likely N-dealkylation sites (N-methyl/N-ethyl adjacent to an activating group) is 1. The topological polar surface area (TPSA) is 86.8 Å². The summed E-state index contributed by atoms with van der Waals surface area (Å²) in [5, 5.41) is 3.56. The normalized spacial score (nSPS) is 12.1. The van der Waals surface area contributed by atoms with Crippen molar-refractivity contribution < 1.29 is 18.0 Å². The van der Waals surface area contributed by atoms with Crippen LogP contribution in [0.4, 0.5) is 5.69 Å². The van der Waals surface area contributed by atoms with E-state index in [1.807, 2.05) is 19.9 Å². The summed E-state index contributed by atoms with van der Waals surface area (Å²) in [5.41, 5.74) is 2.65. The number of hydrogen-bond acceptors (Lipinski definition) is 4. The smallest absolute Gasteiger partial charge is 0.264 e. The summed E-state index contributed by atoms with van der Waals surface area (Å²) in [6.45, 7) is 7.19. The van der Waals surface area contributed by atoms with Gasteiger partial charge in [-0.3, -0.25) is 13.9 Å².